The maximum absolute atomic E-state index is 4.15. The van der Waals surface area contributed by atoms with Gasteiger partial charge in [0.15, 0.2) is 0 Å². The summed E-state index contributed by atoms with van der Waals surface area (Å²) in [6.07, 6.45) is 6.74. The fourth-order valence-electron chi connectivity index (χ4n) is 1.58. The van der Waals surface area contributed by atoms with Crippen LogP contribution in [0.2, 0.25) is 0 Å². The zero-order chi connectivity index (χ0) is 11.2. The second-order valence-electron chi connectivity index (χ2n) is 3.79. The lowest BCUT2D eigenvalue weighted by molar-refractivity contribution is 0.541. The van der Waals surface area contributed by atoms with Crippen molar-refractivity contribution in [1.29, 1.82) is 0 Å². The molecule has 0 amide bonds. The Balaban J connectivity index is 1.59. The highest BCUT2D eigenvalue weighted by molar-refractivity contribution is 4.99. The molecule has 0 aliphatic rings. The second-order valence-corrected chi connectivity index (χ2v) is 3.79. The van der Waals surface area contributed by atoms with Crippen LogP contribution in [0.15, 0.2) is 24.7 Å². The highest BCUT2D eigenvalue weighted by Crippen LogP contribution is 1.95. The van der Waals surface area contributed by atoms with Crippen molar-refractivity contribution in [3.63, 3.8) is 0 Å². The van der Waals surface area contributed by atoms with Gasteiger partial charge in [-0.1, -0.05) is 0 Å². The highest BCUT2D eigenvalue weighted by Gasteiger charge is 1.96. The predicted octanol–water partition coefficient (Wildman–Crippen LogP) is 1.09. The van der Waals surface area contributed by atoms with E-state index in [0.29, 0.717) is 0 Å². The lowest BCUT2D eigenvalue weighted by Crippen LogP contribution is -2.16. The molecule has 0 aliphatic heterocycles. The molecule has 2 aromatic heterocycles. The third-order valence-corrected chi connectivity index (χ3v) is 2.37. The van der Waals surface area contributed by atoms with Crippen LogP contribution in [0.4, 0.5) is 0 Å². The molecule has 86 valence electrons. The number of aryl methyl sites for hydroxylation is 2. The number of H-pyrrole nitrogens is 1. The van der Waals surface area contributed by atoms with Crippen LogP contribution in [-0.2, 0) is 13.1 Å². The molecular weight excluding hydrogens is 202 g/mol. The number of rotatable bonds is 6. The zero-order valence-electron chi connectivity index (χ0n) is 9.48. The zero-order valence-corrected chi connectivity index (χ0v) is 9.48. The largest absolute Gasteiger partial charge is 0.345 e. The molecule has 0 saturated carbocycles. The van der Waals surface area contributed by atoms with Crippen LogP contribution in [0.25, 0.3) is 0 Å². The van der Waals surface area contributed by atoms with Crippen LogP contribution in [0, 0.1) is 6.92 Å². The Hall–Kier alpha value is -1.62. The molecule has 2 N–H and O–H groups in total. The lowest BCUT2D eigenvalue weighted by Gasteiger charge is -2.03. The molecule has 0 aliphatic carbocycles. The number of imidazole rings is 1. The minimum Gasteiger partial charge on any atom is -0.345 e. The minimum atomic E-state index is 0.847. The number of hydrogen-bond donors (Lipinski definition) is 2. The first-order valence-corrected chi connectivity index (χ1v) is 5.53. The maximum atomic E-state index is 4.15. The molecule has 5 heteroatoms. The van der Waals surface area contributed by atoms with Crippen LogP contribution >= 0.6 is 0 Å². The third-order valence-electron chi connectivity index (χ3n) is 2.37. The Morgan fingerprint density at radius 3 is 3.12 bits per heavy atom. The van der Waals surface area contributed by atoms with Crippen molar-refractivity contribution < 1.29 is 0 Å². The maximum Gasteiger partial charge on any atom is 0.103 e. The summed E-state index contributed by atoms with van der Waals surface area (Å²) >= 11 is 0. The molecule has 2 aromatic rings. The molecule has 0 radical (unpaired) electrons. The molecule has 0 unspecified atom stereocenters. The molecule has 0 atom stereocenters. The topological polar surface area (TPSA) is 58.5 Å². The lowest BCUT2D eigenvalue weighted by atomic mass is 10.4. The van der Waals surface area contributed by atoms with Gasteiger partial charge in [-0.2, -0.15) is 5.10 Å². The summed E-state index contributed by atoms with van der Waals surface area (Å²) in [7, 11) is 0. The minimum absolute atomic E-state index is 0.847. The summed E-state index contributed by atoms with van der Waals surface area (Å²) in [5.41, 5.74) is 1.14. The van der Waals surface area contributed by atoms with Gasteiger partial charge in [-0.15, -0.1) is 0 Å². The van der Waals surface area contributed by atoms with Crippen LogP contribution in [0.5, 0.6) is 0 Å². The molecule has 0 bridgehead atoms. The van der Waals surface area contributed by atoms with E-state index in [4.69, 9.17) is 0 Å². The van der Waals surface area contributed by atoms with Crippen molar-refractivity contribution in [3.05, 3.63) is 36.2 Å². The van der Waals surface area contributed by atoms with Crippen LogP contribution < -0.4 is 5.32 Å². The quantitative estimate of drug-likeness (QED) is 0.715. The van der Waals surface area contributed by atoms with E-state index in [1.807, 2.05) is 30.1 Å². The van der Waals surface area contributed by atoms with Crippen molar-refractivity contribution >= 4 is 0 Å². The van der Waals surface area contributed by atoms with Crippen molar-refractivity contribution in [2.45, 2.75) is 26.4 Å². The number of nitrogens with zero attached hydrogens (tertiary/aromatic N) is 3. The number of nitrogens with one attached hydrogen (secondary N) is 2. The molecule has 0 saturated heterocycles. The molecule has 0 aromatic carbocycles. The summed E-state index contributed by atoms with van der Waals surface area (Å²) in [4.78, 5) is 7.34. The average molecular weight is 219 g/mol. The van der Waals surface area contributed by atoms with Gasteiger partial charge in [0.1, 0.15) is 5.82 Å². The smallest absolute Gasteiger partial charge is 0.103 e. The summed E-state index contributed by atoms with van der Waals surface area (Å²) in [5.74, 6) is 0.966. The van der Waals surface area contributed by atoms with E-state index in [9.17, 15) is 0 Å². The fraction of sp³-hybridized carbons (Fsp3) is 0.455. The Morgan fingerprint density at radius 1 is 1.50 bits per heavy atom. The van der Waals surface area contributed by atoms with E-state index in [0.717, 1.165) is 37.6 Å². The Morgan fingerprint density at radius 2 is 2.44 bits per heavy atom. The molecule has 0 fully saturated rings. The van der Waals surface area contributed by atoms with Crippen molar-refractivity contribution in [3.8, 4) is 0 Å². The van der Waals surface area contributed by atoms with E-state index >= 15 is 0 Å². The van der Waals surface area contributed by atoms with Gasteiger partial charge in [-0.25, -0.2) is 4.98 Å². The van der Waals surface area contributed by atoms with Crippen molar-refractivity contribution in [2.75, 3.05) is 6.54 Å². The van der Waals surface area contributed by atoms with Crippen molar-refractivity contribution in [1.82, 2.24) is 25.1 Å². The fourth-order valence-corrected chi connectivity index (χ4v) is 1.58. The number of aromatic amines is 1. The Labute approximate surface area is 94.9 Å². The van der Waals surface area contributed by atoms with Crippen LogP contribution in [0.3, 0.4) is 0 Å². The Kier molecular flexibility index (Phi) is 3.71. The predicted molar refractivity (Wildman–Crippen MR) is 61.9 cm³/mol. The van der Waals surface area contributed by atoms with Gasteiger partial charge in [0.25, 0.3) is 0 Å². The number of aromatic nitrogens is 4. The Bertz CT molecular complexity index is 404. The molecule has 2 rings (SSSR count). The van der Waals surface area contributed by atoms with Gasteiger partial charge < -0.3 is 10.3 Å². The monoisotopic (exact) mass is 219 g/mol. The van der Waals surface area contributed by atoms with Gasteiger partial charge in [-0.3, -0.25) is 4.68 Å². The highest BCUT2D eigenvalue weighted by atomic mass is 15.3. The van der Waals surface area contributed by atoms with Gasteiger partial charge in [0, 0.05) is 37.4 Å². The van der Waals surface area contributed by atoms with E-state index in [1.165, 1.54) is 0 Å². The van der Waals surface area contributed by atoms with E-state index in [-0.39, 0.29) is 0 Å². The average Bonchev–Trinajstić information content (AvgIpc) is 2.89. The summed E-state index contributed by atoms with van der Waals surface area (Å²) in [5, 5.41) is 7.51. The van der Waals surface area contributed by atoms with E-state index < -0.39 is 0 Å². The molecule has 16 heavy (non-hydrogen) atoms. The summed E-state index contributed by atoms with van der Waals surface area (Å²) in [6.45, 7) is 4.75. The van der Waals surface area contributed by atoms with Gasteiger partial charge >= 0.3 is 0 Å². The third kappa shape index (κ3) is 3.20. The van der Waals surface area contributed by atoms with Gasteiger partial charge in [-0.05, 0) is 26.0 Å². The summed E-state index contributed by atoms with van der Waals surface area (Å²) < 4.78 is 1.95. The van der Waals surface area contributed by atoms with Gasteiger partial charge in [0.05, 0.1) is 0 Å². The van der Waals surface area contributed by atoms with Crippen LogP contribution in [0.1, 0.15) is 17.9 Å². The van der Waals surface area contributed by atoms with E-state index in [1.54, 1.807) is 6.20 Å². The summed E-state index contributed by atoms with van der Waals surface area (Å²) in [6, 6.07) is 1.95. The first-order valence-electron chi connectivity index (χ1n) is 5.53. The number of hydrogen-bond acceptors (Lipinski definition) is 3. The standard InChI is InChI=1S/C11H17N5/c1-10-13-9-11(15-10)8-12-4-2-6-16-7-3-5-14-16/h3,5,7,9,12H,2,4,6,8H2,1H3,(H,13,15). The van der Waals surface area contributed by atoms with E-state index in [2.05, 4.69) is 20.4 Å². The molecule has 5 nitrogen and oxygen atoms in total. The first kappa shape index (κ1) is 10.9. The second kappa shape index (κ2) is 5.46. The van der Waals surface area contributed by atoms with Crippen molar-refractivity contribution in [2.24, 2.45) is 0 Å². The SMILES string of the molecule is Cc1ncc(CNCCCn2cccn2)[nH]1. The molecule has 2 heterocycles. The molecule has 0 spiro atoms. The molecular formula is C11H17N5. The normalized spacial score (nSPS) is 10.8. The first-order chi connectivity index (χ1) is 7.84. The van der Waals surface area contributed by atoms with Crippen LogP contribution in [-0.4, -0.2) is 26.3 Å². The van der Waals surface area contributed by atoms with Gasteiger partial charge in [0.2, 0.25) is 0 Å².